The van der Waals surface area contributed by atoms with E-state index in [4.69, 9.17) is 0 Å². The minimum atomic E-state index is -4.17. The summed E-state index contributed by atoms with van der Waals surface area (Å²) < 4.78 is 29.6. The van der Waals surface area contributed by atoms with Crippen LogP contribution in [0.1, 0.15) is 126 Å². The van der Waals surface area contributed by atoms with Crippen LogP contribution in [0.25, 0.3) is 0 Å². The first-order chi connectivity index (χ1) is 28.5. The Bertz CT molecular complexity index is 2140. The third-order valence-corrected chi connectivity index (χ3v) is 19.8. The van der Waals surface area contributed by atoms with Gasteiger partial charge in [-0.25, -0.2) is 8.42 Å². The van der Waals surface area contributed by atoms with E-state index in [1.807, 2.05) is 44.2 Å². The summed E-state index contributed by atoms with van der Waals surface area (Å²) in [5.74, 6) is 1.78. The average molecular weight is 858 g/mol. The number of nitro groups is 1. The molecule has 0 aromatic heterocycles. The Balaban J connectivity index is 1.22. The number of amides is 1. The number of rotatable bonds is 12. The number of aliphatic hydroxyl groups is 1. The zero-order valence-electron chi connectivity index (χ0n) is 38.1. The predicted octanol–water partition coefficient (Wildman–Crippen LogP) is 9.56. The molecule has 61 heavy (non-hydrogen) atoms. The van der Waals surface area contributed by atoms with Gasteiger partial charge in [-0.15, -0.1) is 0 Å². The van der Waals surface area contributed by atoms with Crippen molar-refractivity contribution in [2.75, 3.05) is 13.1 Å². The summed E-state index contributed by atoms with van der Waals surface area (Å²) in [7, 11) is -4.17. The highest BCUT2D eigenvalue weighted by molar-refractivity contribution is 7.89. The van der Waals surface area contributed by atoms with Gasteiger partial charge in [-0.2, -0.15) is 4.31 Å². The fourth-order valence-corrected chi connectivity index (χ4v) is 15.7. The van der Waals surface area contributed by atoms with Crippen molar-refractivity contribution < 1.29 is 28.0 Å². The largest absolute Gasteiger partial charge is 0.390 e. The highest BCUT2D eigenvalue weighted by Gasteiger charge is 2.69. The van der Waals surface area contributed by atoms with E-state index < -0.39 is 32.5 Å². The molecule has 0 saturated heterocycles. The minimum Gasteiger partial charge on any atom is -0.390 e. The van der Waals surface area contributed by atoms with Crippen LogP contribution >= 0.6 is 0 Å². The number of carbonyl (C=O) groups is 2. The van der Waals surface area contributed by atoms with Crippen LogP contribution in [-0.2, 0) is 26.0 Å². The van der Waals surface area contributed by atoms with Crippen molar-refractivity contribution in [1.29, 1.82) is 0 Å². The molecule has 334 valence electrons. The summed E-state index contributed by atoms with van der Waals surface area (Å²) in [6.45, 7) is 20.2. The maximum Gasteiger partial charge on any atom is 0.269 e. The van der Waals surface area contributed by atoms with Gasteiger partial charge < -0.3 is 10.4 Å². The molecule has 2 aromatic rings. The number of ketones is 1. The number of hydrogen-bond acceptors (Lipinski definition) is 7. The van der Waals surface area contributed by atoms with Gasteiger partial charge in [0, 0.05) is 37.1 Å². The SMILES string of the molecule is CC(C)CN(C[C@@H](O)[C@H](Cc1ccccc1)NC(=O)[C@]12CC[C@@H](C)[C@H](C)[C@H]1C1=CC[C@@H]3[C@@]4(C)CCC(=O)C(C)(C)[C@@H]4CC[C@@]3(C)[C@]1(C)CC2)S(=O)(=O)c1ccc([N+](=O)[O-])cc1. The lowest BCUT2D eigenvalue weighted by Gasteiger charge is -2.71. The van der Waals surface area contributed by atoms with Gasteiger partial charge in [-0.3, -0.25) is 19.7 Å². The number of nitrogens with zero attached hydrogens (tertiary/aromatic N) is 2. The van der Waals surface area contributed by atoms with Crippen molar-refractivity contribution in [3.05, 3.63) is 81.9 Å². The van der Waals surface area contributed by atoms with Crippen molar-refractivity contribution in [2.45, 2.75) is 144 Å². The van der Waals surface area contributed by atoms with E-state index in [9.17, 15) is 28.4 Å². The van der Waals surface area contributed by atoms with Crippen LogP contribution in [0.2, 0.25) is 0 Å². The normalized spacial score (nSPS) is 35.5. The Kier molecular flexibility index (Phi) is 12.2. The Morgan fingerprint density at radius 3 is 2.23 bits per heavy atom. The maximum atomic E-state index is 15.5. The summed E-state index contributed by atoms with van der Waals surface area (Å²) in [6.07, 6.45) is 9.57. The van der Waals surface area contributed by atoms with Crippen LogP contribution in [0, 0.1) is 72.7 Å². The molecule has 11 atom stereocenters. The highest BCUT2D eigenvalue weighted by atomic mass is 32.2. The van der Waals surface area contributed by atoms with Crippen LogP contribution in [0.3, 0.4) is 0 Å². The molecule has 5 aliphatic carbocycles. The summed E-state index contributed by atoms with van der Waals surface area (Å²) in [5, 5.41) is 27.0. The van der Waals surface area contributed by atoms with Crippen molar-refractivity contribution >= 4 is 27.4 Å². The number of fused-ring (bicyclic) bond motifs is 7. The molecule has 1 amide bonds. The topological polar surface area (TPSA) is 147 Å². The average Bonchev–Trinajstić information content (AvgIpc) is 3.20. The van der Waals surface area contributed by atoms with E-state index in [1.54, 1.807) is 0 Å². The third kappa shape index (κ3) is 7.54. The van der Waals surface area contributed by atoms with E-state index in [-0.39, 0.29) is 69.0 Å². The van der Waals surface area contributed by atoms with Crippen LogP contribution in [-0.4, -0.2) is 59.7 Å². The molecule has 0 unspecified atom stereocenters. The van der Waals surface area contributed by atoms with E-state index >= 15 is 4.79 Å². The molecular weight excluding hydrogens is 787 g/mol. The molecular formula is C50H71N3O7S. The Labute approximate surface area is 364 Å². The van der Waals surface area contributed by atoms with Gasteiger partial charge in [0.2, 0.25) is 15.9 Å². The van der Waals surface area contributed by atoms with Crippen LogP contribution < -0.4 is 5.32 Å². The van der Waals surface area contributed by atoms with E-state index in [2.05, 4.69) is 59.9 Å². The van der Waals surface area contributed by atoms with Gasteiger partial charge in [0.15, 0.2) is 0 Å². The van der Waals surface area contributed by atoms with Gasteiger partial charge >= 0.3 is 0 Å². The standard InChI is InChI=1S/C50H71N3O7S/c1-32(2)30-52(61(59,60)37-17-15-36(16-18-37)53(57)58)31-40(54)39(29-35-13-11-10-12-14-35)51-45(56)50-26-21-33(3)34(4)44(50)38-19-20-42-47(7)24-23-43(55)46(5,6)41(47)22-25-49(42,9)48(38,8)27-28-50/h10-19,32-34,39-42,44,54H,20-31H2,1-9H3,(H,51,56)/t33-,34+,39+,40-,41+,42-,44+,47+,48-,49-,50+/m1/s1. The quantitative estimate of drug-likeness (QED) is 0.123. The smallest absolute Gasteiger partial charge is 0.269 e. The van der Waals surface area contributed by atoms with Crippen molar-refractivity contribution in [3.8, 4) is 0 Å². The van der Waals surface area contributed by atoms with Gasteiger partial charge in [0.1, 0.15) is 5.78 Å². The number of sulfonamides is 1. The molecule has 2 aromatic carbocycles. The summed E-state index contributed by atoms with van der Waals surface area (Å²) in [5.41, 5.74) is 1.11. The number of nitro benzene ring substituents is 1. The lowest BCUT2D eigenvalue weighted by atomic mass is 9.33. The first kappa shape index (κ1) is 45.6. The number of allylic oxidation sites excluding steroid dienone is 2. The summed E-state index contributed by atoms with van der Waals surface area (Å²) >= 11 is 0. The molecule has 7 rings (SSSR count). The van der Waals surface area contributed by atoms with E-state index in [0.29, 0.717) is 36.4 Å². The van der Waals surface area contributed by atoms with Crippen molar-refractivity contribution in [1.82, 2.24) is 9.62 Å². The number of carbonyl (C=O) groups excluding carboxylic acids is 2. The first-order valence-corrected chi connectivity index (χ1v) is 24.5. The van der Waals surface area contributed by atoms with Gasteiger partial charge in [-0.1, -0.05) is 104 Å². The Hall–Kier alpha value is -3.41. The Morgan fingerprint density at radius 2 is 1.59 bits per heavy atom. The fraction of sp³-hybridized carbons (Fsp3) is 0.680. The number of hydrogen-bond donors (Lipinski definition) is 2. The number of benzene rings is 2. The molecule has 0 spiro atoms. The lowest BCUT2D eigenvalue weighted by Crippen LogP contribution is -2.66. The molecule has 0 bridgehead atoms. The number of non-ortho nitro benzene ring substituents is 1. The fourth-order valence-electron chi connectivity index (χ4n) is 14.0. The second-order valence-electron chi connectivity index (χ2n) is 21.8. The maximum absolute atomic E-state index is 15.5. The Morgan fingerprint density at radius 1 is 0.918 bits per heavy atom. The van der Waals surface area contributed by atoms with Crippen LogP contribution in [0.4, 0.5) is 5.69 Å². The van der Waals surface area contributed by atoms with Gasteiger partial charge in [-0.05, 0) is 127 Å². The molecule has 0 aliphatic heterocycles. The van der Waals surface area contributed by atoms with Gasteiger partial charge in [0.25, 0.3) is 5.69 Å². The number of Topliss-reactive ketones (excluding diaryl/α,β-unsaturated/α-hetero) is 1. The second kappa shape index (κ2) is 16.3. The molecule has 11 heteroatoms. The van der Waals surface area contributed by atoms with E-state index in [1.165, 1.54) is 34.1 Å². The van der Waals surface area contributed by atoms with Crippen molar-refractivity contribution in [3.63, 3.8) is 0 Å². The monoisotopic (exact) mass is 858 g/mol. The van der Waals surface area contributed by atoms with Crippen LogP contribution in [0.15, 0.2) is 71.1 Å². The number of nitrogens with one attached hydrogen (secondary N) is 1. The number of aliphatic hydroxyl groups excluding tert-OH is 1. The zero-order valence-corrected chi connectivity index (χ0v) is 38.9. The molecule has 0 radical (unpaired) electrons. The minimum absolute atomic E-state index is 0.0168. The summed E-state index contributed by atoms with van der Waals surface area (Å²) in [4.78, 5) is 39.5. The van der Waals surface area contributed by atoms with Crippen LogP contribution in [0.5, 0.6) is 0 Å². The molecule has 0 heterocycles. The second-order valence-corrected chi connectivity index (χ2v) is 23.7. The van der Waals surface area contributed by atoms with E-state index in [0.717, 1.165) is 56.9 Å². The van der Waals surface area contributed by atoms with Crippen molar-refractivity contribution in [2.24, 2.45) is 62.6 Å². The zero-order chi connectivity index (χ0) is 44.5. The molecule has 10 nitrogen and oxygen atoms in total. The molecule has 5 aliphatic rings. The lowest BCUT2D eigenvalue weighted by molar-refractivity contribution is -0.384. The molecule has 2 N–H and O–H groups in total. The highest BCUT2D eigenvalue weighted by Crippen LogP contribution is 2.75. The molecule has 4 fully saturated rings. The molecule has 4 saturated carbocycles. The van der Waals surface area contributed by atoms with Gasteiger partial charge in [0.05, 0.1) is 27.4 Å². The third-order valence-electron chi connectivity index (χ3n) is 17.9. The first-order valence-electron chi connectivity index (χ1n) is 23.0. The summed E-state index contributed by atoms with van der Waals surface area (Å²) in [6, 6.07) is 13.8. The predicted molar refractivity (Wildman–Crippen MR) is 239 cm³/mol.